The molecule has 2 bridgehead atoms. The van der Waals surface area contributed by atoms with Gasteiger partial charge in [0.15, 0.2) is 0 Å². The van der Waals surface area contributed by atoms with Gasteiger partial charge in [0.25, 0.3) is 0 Å². The lowest BCUT2D eigenvalue weighted by Gasteiger charge is -2.25. The minimum Gasteiger partial charge on any atom is -0.481 e. The first-order valence-electron chi connectivity index (χ1n) is 7.35. The van der Waals surface area contributed by atoms with Gasteiger partial charge in [-0.25, -0.2) is 0 Å². The summed E-state index contributed by atoms with van der Waals surface area (Å²) in [5, 5.41) is 17.9. The quantitative estimate of drug-likeness (QED) is 0.524. The largest absolute Gasteiger partial charge is 0.481 e. The van der Waals surface area contributed by atoms with Gasteiger partial charge in [-0.3, -0.25) is 4.79 Å². The van der Waals surface area contributed by atoms with Crippen LogP contribution in [0.3, 0.4) is 0 Å². The summed E-state index contributed by atoms with van der Waals surface area (Å²) in [6.07, 6.45) is 11.0. The Bertz CT molecular complexity index is 326. The molecule has 2 aliphatic rings. The summed E-state index contributed by atoms with van der Waals surface area (Å²) in [5.74, 6) is 0.116. The molecule has 0 aromatic heterocycles. The van der Waals surface area contributed by atoms with Crippen LogP contribution >= 0.6 is 0 Å². The predicted octanol–water partition coefficient (Wildman–Crippen LogP) is 2.36. The van der Waals surface area contributed by atoms with Crippen LogP contribution in [-0.2, 0) is 9.53 Å². The Morgan fingerprint density at radius 1 is 1.16 bits per heavy atom. The van der Waals surface area contributed by atoms with Crippen molar-refractivity contribution in [3.63, 3.8) is 0 Å². The number of ether oxygens (including phenoxy) is 1. The molecule has 2 saturated heterocycles. The van der Waals surface area contributed by atoms with Gasteiger partial charge in [-0.2, -0.15) is 0 Å². The van der Waals surface area contributed by atoms with Crippen molar-refractivity contribution in [3.05, 3.63) is 12.2 Å². The number of aliphatic hydroxyl groups is 1. The summed E-state index contributed by atoms with van der Waals surface area (Å²) in [7, 11) is 0. The van der Waals surface area contributed by atoms with Gasteiger partial charge in [-0.05, 0) is 44.4 Å². The molecule has 2 N–H and O–H groups in total. The van der Waals surface area contributed by atoms with Crippen LogP contribution in [0.25, 0.3) is 0 Å². The Hall–Kier alpha value is -0.870. The number of carbonyl (C=O) groups is 1. The molecule has 0 radical (unpaired) electrons. The minimum atomic E-state index is -0.724. The topological polar surface area (TPSA) is 66.8 Å². The lowest BCUT2D eigenvalue weighted by atomic mass is 9.77. The maximum absolute atomic E-state index is 10.3. The minimum absolute atomic E-state index is 0.244. The number of fused-ring (bicyclic) bond motifs is 2. The van der Waals surface area contributed by atoms with Gasteiger partial charge in [0.1, 0.15) is 0 Å². The van der Waals surface area contributed by atoms with E-state index in [0.29, 0.717) is 30.5 Å². The maximum Gasteiger partial charge on any atom is 0.303 e. The molecule has 2 rings (SSSR count). The van der Waals surface area contributed by atoms with Gasteiger partial charge >= 0.3 is 5.97 Å². The second-order valence-electron chi connectivity index (χ2n) is 5.64. The van der Waals surface area contributed by atoms with Gasteiger partial charge in [-0.1, -0.05) is 12.2 Å². The number of rotatable bonds is 8. The SMILES string of the molecule is O=C(O)CCCC=CCC[C@@H]1[C@H](CO)[C@@H]2CC[C@H]1O2. The summed E-state index contributed by atoms with van der Waals surface area (Å²) in [5.41, 5.74) is 0. The van der Waals surface area contributed by atoms with E-state index >= 15 is 0 Å². The smallest absolute Gasteiger partial charge is 0.303 e. The van der Waals surface area contributed by atoms with Crippen LogP contribution in [0, 0.1) is 11.8 Å². The molecule has 0 aromatic rings. The molecule has 4 nitrogen and oxygen atoms in total. The molecule has 4 heteroatoms. The molecular weight excluding hydrogens is 244 g/mol. The Balaban J connectivity index is 1.63. The van der Waals surface area contributed by atoms with Gasteiger partial charge in [-0.15, -0.1) is 0 Å². The average molecular weight is 268 g/mol. The zero-order valence-corrected chi connectivity index (χ0v) is 11.3. The van der Waals surface area contributed by atoms with Crippen molar-refractivity contribution in [2.75, 3.05) is 6.61 Å². The van der Waals surface area contributed by atoms with Crippen molar-refractivity contribution >= 4 is 5.97 Å². The average Bonchev–Trinajstić information content (AvgIpc) is 2.97. The van der Waals surface area contributed by atoms with Crippen LogP contribution in [0.5, 0.6) is 0 Å². The lowest BCUT2D eigenvalue weighted by Crippen LogP contribution is -2.29. The van der Waals surface area contributed by atoms with Crippen LogP contribution in [0.4, 0.5) is 0 Å². The number of hydrogen-bond donors (Lipinski definition) is 2. The predicted molar refractivity (Wildman–Crippen MR) is 71.8 cm³/mol. The van der Waals surface area contributed by atoms with Crippen molar-refractivity contribution in [1.82, 2.24) is 0 Å². The fourth-order valence-corrected chi connectivity index (χ4v) is 3.42. The molecule has 2 aliphatic heterocycles. The van der Waals surface area contributed by atoms with E-state index in [1.807, 2.05) is 0 Å². The Morgan fingerprint density at radius 2 is 1.84 bits per heavy atom. The van der Waals surface area contributed by atoms with Crippen molar-refractivity contribution in [2.24, 2.45) is 11.8 Å². The fourth-order valence-electron chi connectivity index (χ4n) is 3.42. The van der Waals surface area contributed by atoms with E-state index in [2.05, 4.69) is 12.2 Å². The Morgan fingerprint density at radius 3 is 2.53 bits per heavy atom. The van der Waals surface area contributed by atoms with Crippen LogP contribution in [0.1, 0.15) is 44.9 Å². The number of hydrogen-bond acceptors (Lipinski definition) is 3. The third-order valence-corrected chi connectivity index (χ3v) is 4.40. The van der Waals surface area contributed by atoms with Crippen molar-refractivity contribution in [2.45, 2.75) is 57.2 Å². The fraction of sp³-hybridized carbons (Fsp3) is 0.800. The number of unbranched alkanes of at least 4 members (excludes halogenated alkanes) is 1. The van der Waals surface area contributed by atoms with Crippen molar-refractivity contribution in [1.29, 1.82) is 0 Å². The third-order valence-electron chi connectivity index (χ3n) is 4.40. The highest BCUT2D eigenvalue weighted by Gasteiger charge is 2.47. The molecule has 108 valence electrons. The Labute approximate surface area is 114 Å². The van der Waals surface area contributed by atoms with Gasteiger partial charge in [0, 0.05) is 18.9 Å². The van der Waals surface area contributed by atoms with E-state index in [1.54, 1.807) is 0 Å². The number of carboxylic acids is 1. The zero-order valence-electron chi connectivity index (χ0n) is 11.3. The molecule has 0 aliphatic carbocycles. The summed E-state index contributed by atoms with van der Waals surface area (Å²) < 4.78 is 5.86. The third kappa shape index (κ3) is 3.80. The molecule has 4 atom stereocenters. The van der Waals surface area contributed by atoms with E-state index < -0.39 is 5.97 Å². The first-order chi connectivity index (χ1) is 9.22. The Kier molecular flexibility index (Phi) is 5.40. The molecule has 0 unspecified atom stereocenters. The molecule has 0 saturated carbocycles. The maximum atomic E-state index is 10.3. The van der Waals surface area contributed by atoms with E-state index in [0.717, 1.165) is 32.1 Å². The number of allylic oxidation sites excluding steroid dienone is 2. The first-order valence-corrected chi connectivity index (χ1v) is 7.35. The molecule has 0 amide bonds. The molecule has 2 fully saturated rings. The normalized spacial score (nSPS) is 33.3. The van der Waals surface area contributed by atoms with Crippen LogP contribution in [-0.4, -0.2) is 35.0 Å². The van der Waals surface area contributed by atoms with Gasteiger partial charge in [0.2, 0.25) is 0 Å². The van der Waals surface area contributed by atoms with Crippen LogP contribution in [0.15, 0.2) is 12.2 Å². The van der Waals surface area contributed by atoms with Gasteiger partial charge in [0.05, 0.1) is 12.2 Å². The second-order valence-corrected chi connectivity index (χ2v) is 5.64. The second kappa shape index (κ2) is 7.06. The summed E-state index contributed by atoms with van der Waals surface area (Å²) in [4.78, 5) is 10.3. The number of aliphatic carboxylic acids is 1. The first kappa shape index (κ1) is 14.5. The van der Waals surface area contributed by atoms with Crippen molar-refractivity contribution in [3.8, 4) is 0 Å². The number of aliphatic hydroxyl groups excluding tert-OH is 1. The molecule has 0 spiro atoms. The van der Waals surface area contributed by atoms with Crippen LogP contribution < -0.4 is 0 Å². The van der Waals surface area contributed by atoms with E-state index in [9.17, 15) is 9.90 Å². The zero-order chi connectivity index (χ0) is 13.7. The summed E-state index contributed by atoms with van der Waals surface area (Å²) in [6, 6.07) is 0. The highest BCUT2D eigenvalue weighted by Crippen LogP contribution is 2.45. The van der Waals surface area contributed by atoms with E-state index in [-0.39, 0.29) is 13.0 Å². The van der Waals surface area contributed by atoms with Crippen molar-refractivity contribution < 1.29 is 19.7 Å². The molecular formula is C15H24O4. The standard InChI is InChI=1S/C15H24O4/c16-10-12-11(13-8-9-14(12)19-13)6-4-2-1-3-5-7-15(17)18/h1-2,11-14,16H,3-10H2,(H,17,18)/t11-,12+,13-,14+/m1/s1. The van der Waals surface area contributed by atoms with Gasteiger partial charge < -0.3 is 14.9 Å². The lowest BCUT2D eigenvalue weighted by molar-refractivity contribution is -0.137. The van der Waals surface area contributed by atoms with E-state index in [1.165, 1.54) is 0 Å². The molecule has 2 heterocycles. The highest BCUT2D eigenvalue weighted by atomic mass is 16.5. The molecule has 0 aromatic carbocycles. The summed E-state index contributed by atoms with van der Waals surface area (Å²) >= 11 is 0. The molecule has 19 heavy (non-hydrogen) atoms. The summed E-state index contributed by atoms with van der Waals surface area (Å²) in [6.45, 7) is 0.244. The van der Waals surface area contributed by atoms with E-state index in [4.69, 9.17) is 9.84 Å². The van der Waals surface area contributed by atoms with Crippen LogP contribution in [0.2, 0.25) is 0 Å². The highest BCUT2D eigenvalue weighted by molar-refractivity contribution is 5.66. The monoisotopic (exact) mass is 268 g/mol. The number of carboxylic acid groups (broad SMARTS) is 1.